The lowest BCUT2D eigenvalue weighted by Crippen LogP contribution is -2.46. The van der Waals surface area contributed by atoms with Crippen molar-refractivity contribution in [2.75, 3.05) is 13.2 Å². The number of carbonyl (C=O) groups excluding carboxylic acids is 3. The Labute approximate surface area is 171 Å². The highest BCUT2D eigenvalue weighted by atomic mass is 16.5. The molecule has 158 valence electrons. The third kappa shape index (κ3) is 3.72. The third-order valence-corrected chi connectivity index (χ3v) is 6.79. The smallest absolute Gasteiger partial charge is 0.325 e. The predicted molar refractivity (Wildman–Crippen MR) is 108 cm³/mol. The number of Topliss-reactive ketones (excluding diaryl/α,β-unsaturated/α-hetero) is 1. The van der Waals surface area contributed by atoms with E-state index >= 15 is 0 Å². The van der Waals surface area contributed by atoms with Gasteiger partial charge in [-0.15, -0.1) is 0 Å². The summed E-state index contributed by atoms with van der Waals surface area (Å²) in [4.78, 5) is 39.8. The van der Waals surface area contributed by atoms with Crippen molar-refractivity contribution < 1.29 is 19.1 Å². The van der Waals surface area contributed by atoms with E-state index in [9.17, 15) is 14.4 Å². The molecule has 1 atom stereocenters. The number of aryl methyl sites for hydroxylation is 1. The molecule has 1 aliphatic carbocycles. The average molecular weight is 402 g/mol. The zero-order valence-electron chi connectivity index (χ0n) is 17.5. The number of ether oxygens (including phenoxy) is 1. The highest BCUT2D eigenvalue weighted by molar-refractivity contribution is 6.11. The zero-order chi connectivity index (χ0) is 20.6. The molecule has 1 spiro atoms. The van der Waals surface area contributed by atoms with Gasteiger partial charge in [0.25, 0.3) is 5.91 Å². The summed E-state index contributed by atoms with van der Waals surface area (Å²) in [5.41, 5.74) is 1.66. The van der Waals surface area contributed by atoms with Crippen LogP contribution < -0.4 is 5.32 Å². The van der Waals surface area contributed by atoms with Gasteiger partial charge in [-0.05, 0) is 45.6 Å². The van der Waals surface area contributed by atoms with Gasteiger partial charge in [-0.1, -0.05) is 25.7 Å². The van der Waals surface area contributed by atoms with E-state index in [1.807, 2.05) is 19.9 Å². The summed E-state index contributed by atoms with van der Waals surface area (Å²) in [7, 11) is 0. The van der Waals surface area contributed by atoms with Crippen molar-refractivity contribution in [3.8, 4) is 0 Å². The van der Waals surface area contributed by atoms with E-state index in [-0.39, 0.29) is 24.3 Å². The van der Waals surface area contributed by atoms with E-state index in [0.29, 0.717) is 18.4 Å². The monoisotopic (exact) mass is 401 g/mol. The second-order valence-electron chi connectivity index (χ2n) is 8.77. The molecular weight excluding hydrogens is 370 g/mol. The van der Waals surface area contributed by atoms with E-state index in [0.717, 1.165) is 68.0 Å². The number of nitrogens with zero attached hydrogens (tertiary/aromatic N) is 2. The summed E-state index contributed by atoms with van der Waals surface area (Å²) in [6.45, 7) is 5.23. The molecule has 0 aromatic carbocycles. The van der Waals surface area contributed by atoms with Gasteiger partial charge in [-0.3, -0.25) is 14.5 Å². The van der Waals surface area contributed by atoms with Crippen LogP contribution in [0.25, 0.3) is 0 Å². The van der Waals surface area contributed by atoms with Gasteiger partial charge in [0.05, 0.1) is 12.6 Å². The van der Waals surface area contributed by atoms with Crippen molar-refractivity contribution in [3.63, 3.8) is 0 Å². The fourth-order valence-electron chi connectivity index (χ4n) is 5.08. The van der Waals surface area contributed by atoms with Gasteiger partial charge in [0, 0.05) is 30.1 Å². The van der Waals surface area contributed by atoms with Crippen LogP contribution in [0.2, 0.25) is 0 Å². The van der Waals surface area contributed by atoms with Crippen LogP contribution in [0.5, 0.6) is 0 Å². The molecule has 1 unspecified atom stereocenters. The molecule has 1 N–H and O–H groups in total. The minimum absolute atomic E-state index is 0.184. The quantitative estimate of drug-likeness (QED) is 0.607. The van der Waals surface area contributed by atoms with Crippen LogP contribution in [0.15, 0.2) is 6.07 Å². The number of ketones is 1. The maximum absolute atomic E-state index is 13.1. The summed E-state index contributed by atoms with van der Waals surface area (Å²) in [6, 6.07) is 1.44. The highest BCUT2D eigenvalue weighted by Crippen LogP contribution is 2.33. The van der Waals surface area contributed by atoms with Crippen molar-refractivity contribution >= 4 is 17.7 Å². The van der Waals surface area contributed by atoms with E-state index in [1.165, 1.54) is 0 Å². The fourth-order valence-corrected chi connectivity index (χ4v) is 5.08. The van der Waals surface area contributed by atoms with Gasteiger partial charge in [0.15, 0.2) is 5.78 Å². The molecule has 2 saturated heterocycles. The van der Waals surface area contributed by atoms with Gasteiger partial charge in [0.2, 0.25) is 0 Å². The molecule has 7 nitrogen and oxygen atoms in total. The van der Waals surface area contributed by atoms with Crippen LogP contribution in [-0.4, -0.2) is 52.0 Å². The number of nitrogens with one attached hydrogen (secondary N) is 1. The van der Waals surface area contributed by atoms with E-state index in [1.54, 1.807) is 0 Å². The molecule has 1 aromatic rings. The molecule has 4 rings (SSSR count). The van der Waals surface area contributed by atoms with Crippen molar-refractivity contribution in [1.82, 2.24) is 14.8 Å². The normalized spacial score (nSPS) is 24.2. The summed E-state index contributed by atoms with van der Waals surface area (Å²) < 4.78 is 7.85. The Bertz CT molecular complexity index is 814. The lowest BCUT2D eigenvalue weighted by atomic mass is 9.90. The Morgan fingerprint density at radius 1 is 1.17 bits per heavy atom. The molecule has 3 fully saturated rings. The lowest BCUT2D eigenvalue weighted by molar-refractivity contribution is -0.131. The van der Waals surface area contributed by atoms with Gasteiger partial charge in [-0.25, -0.2) is 4.79 Å². The first kappa shape index (κ1) is 20.1. The second-order valence-corrected chi connectivity index (χ2v) is 8.77. The number of hydrogen-bond acceptors (Lipinski definition) is 4. The molecule has 3 heterocycles. The first-order chi connectivity index (χ1) is 13.9. The Kier molecular flexibility index (Phi) is 5.51. The van der Waals surface area contributed by atoms with Crippen molar-refractivity contribution in [2.24, 2.45) is 0 Å². The van der Waals surface area contributed by atoms with Gasteiger partial charge >= 0.3 is 6.03 Å². The van der Waals surface area contributed by atoms with Crippen LogP contribution in [0.3, 0.4) is 0 Å². The van der Waals surface area contributed by atoms with Crippen molar-refractivity contribution in [1.29, 1.82) is 0 Å². The predicted octanol–water partition coefficient (Wildman–Crippen LogP) is 3.11. The molecule has 1 aromatic heterocycles. The van der Waals surface area contributed by atoms with Crippen LogP contribution in [0, 0.1) is 13.8 Å². The van der Waals surface area contributed by atoms with E-state index in [4.69, 9.17) is 4.74 Å². The number of hydrogen-bond donors (Lipinski definition) is 1. The van der Waals surface area contributed by atoms with Crippen LogP contribution in [0.1, 0.15) is 73.1 Å². The maximum Gasteiger partial charge on any atom is 0.325 e. The fraction of sp³-hybridized carbons (Fsp3) is 0.682. The molecule has 29 heavy (non-hydrogen) atoms. The molecule has 2 aliphatic heterocycles. The Morgan fingerprint density at radius 2 is 1.90 bits per heavy atom. The third-order valence-electron chi connectivity index (χ3n) is 6.79. The molecular formula is C22H31N3O4. The first-order valence-corrected chi connectivity index (χ1v) is 10.9. The largest absolute Gasteiger partial charge is 0.376 e. The average Bonchev–Trinajstić information content (AvgIpc) is 3.29. The van der Waals surface area contributed by atoms with E-state index in [2.05, 4.69) is 9.88 Å². The highest BCUT2D eigenvalue weighted by Gasteiger charge is 2.51. The van der Waals surface area contributed by atoms with Gasteiger partial charge in [-0.2, -0.15) is 0 Å². The Hall–Kier alpha value is -2.15. The van der Waals surface area contributed by atoms with Gasteiger partial charge in [0.1, 0.15) is 5.54 Å². The van der Waals surface area contributed by atoms with Crippen LogP contribution in [-0.2, 0) is 16.1 Å². The number of carbonyl (C=O) groups is 3. The molecule has 1 saturated carbocycles. The summed E-state index contributed by atoms with van der Waals surface area (Å²) in [6.07, 6.45) is 7.64. The minimum Gasteiger partial charge on any atom is -0.376 e. The maximum atomic E-state index is 13.1. The second kappa shape index (κ2) is 7.94. The number of imide groups is 1. The summed E-state index contributed by atoms with van der Waals surface area (Å²) >= 11 is 0. The number of amides is 3. The molecule has 7 heteroatoms. The summed E-state index contributed by atoms with van der Waals surface area (Å²) in [5.74, 6) is -0.420. The van der Waals surface area contributed by atoms with E-state index < -0.39 is 11.6 Å². The van der Waals surface area contributed by atoms with Crippen LogP contribution in [0.4, 0.5) is 4.79 Å². The number of urea groups is 1. The molecule has 3 amide bonds. The standard InChI is InChI=1S/C22H31N3O4/c1-15-12-18(16(2)24(15)13-17-8-7-11-29-17)19(26)14-25-20(27)22(23-21(25)28)9-5-3-4-6-10-22/h12,17H,3-11,13-14H2,1-2H3,(H,23,28). The minimum atomic E-state index is -0.801. The molecule has 0 bridgehead atoms. The SMILES string of the molecule is Cc1cc(C(=O)CN2C(=O)NC3(CCCCCC3)C2=O)c(C)n1CC1CCCO1. The van der Waals surface area contributed by atoms with Crippen LogP contribution >= 0.6 is 0 Å². The number of rotatable bonds is 5. The van der Waals surface area contributed by atoms with Crippen molar-refractivity contribution in [3.05, 3.63) is 23.0 Å². The Balaban J connectivity index is 1.49. The van der Waals surface area contributed by atoms with Crippen molar-refractivity contribution in [2.45, 2.75) is 83.4 Å². The molecule has 3 aliphatic rings. The first-order valence-electron chi connectivity index (χ1n) is 10.9. The zero-order valence-corrected chi connectivity index (χ0v) is 17.5. The summed E-state index contributed by atoms with van der Waals surface area (Å²) in [5, 5.41) is 2.91. The number of aromatic nitrogens is 1. The lowest BCUT2D eigenvalue weighted by Gasteiger charge is -2.24. The molecule has 0 radical (unpaired) electrons. The Morgan fingerprint density at radius 3 is 2.55 bits per heavy atom. The topological polar surface area (TPSA) is 80.6 Å². The van der Waals surface area contributed by atoms with Gasteiger partial charge < -0.3 is 14.6 Å².